The van der Waals surface area contributed by atoms with E-state index in [1.165, 1.54) is 0 Å². The number of hydrogen-bond donors (Lipinski definition) is 2. The lowest BCUT2D eigenvalue weighted by atomic mass is 10.0. The maximum absolute atomic E-state index is 11.5. The van der Waals surface area contributed by atoms with E-state index in [0.717, 1.165) is 32.3 Å². The summed E-state index contributed by atoms with van der Waals surface area (Å²) in [5.41, 5.74) is 11.0. The number of rotatable bonds is 11. The van der Waals surface area contributed by atoms with Crippen molar-refractivity contribution in [1.82, 2.24) is 4.90 Å². The number of carbonyl (C=O) groups is 2. The molecule has 0 bridgehead atoms. The molecule has 0 heterocycles. The van der Waals surface area contributed by atoms with Gasteiger partial charge >= 0.3 is 0 Å². The molecule has 17 heavy (non-hydrogen) atoms. The van der Waals surface area contributed by atoms with E-state index in [4.69, 9.17) is 11.5 Å². The van der Waals surface area contributed by atoms with Gasteiger partial charge in [-0.05, 0) is 13.0 Å². The molecule has 5 nitrogen and oxygen atoms in total. The number of aldehydes is 1. The fraction of sp³-hybridized carbons (Fsp3) is 0.833. The maximum atomic E-state index is 11.5. The highest BCUT2D eigenvalue weighted by Crippen LogP contribution is 2.04. The molecule has 0 aliphatic rings. The minimum atomic E-state index is -0.160. The summed E-state index contributed by atoms with van der Waals surface area (Å²) in [6.45, 7) is 5.45. The predicted molar refractivity (Wildman–Crippen MR) is 68.6 cm³/mol. The first kappa shape index (κ1) is 16.2. The average Bonchev–Trinajstić information content (AvgIpc) is 2.29. The third-order valence-corrected chi connectivity index (χ3v) is 2.60. The van der Waals surface area contributed by atoms with Crippen LogP contribution in [0.25, 0.3) is 0 Å². The maximum Gasteiger partial charge on any atom is 0.133 e. The van der Waals surface area contributed by atoms with Crippen LogP contribution in [0.1, 0.15) is 26.2 Å². The lowest BCUT2D eigenvalue weighted by molar-refractivity contribution is -0.122. The Morgan fingerprint density at radius 1 is 1.24 bits per heavy atom. The molecule has 0 fully saturated rings. The van der Waals surface area contributed by atoms with Crippen LogP contribution in [0.4, 0.5) is 0 Å². The molecule has 1 unspecified atom stereocenters. The number of ketones is 1. The minimum Gasteiger partial charge on any atom is -0.329 e. The standard InChI is InChI=1S/C12H25N3O2/c1-11(10-16)9-12(17)3-2-6-15(7-4-13)8-5-14/h10-11H,2-9,13-14H2,1H3. The van der Waals surface area contributed by atoms with Gasteiger partial charge in [-0.2, -0.15) is 0 Å². The lowest BCUT2D eigenvalue weighted by Crippen LogP contribution is -2.34. The molecule has 0 spiro atoms. The van der Waals surface area contributed by atoms with Gasteiger partial charge in [0.25, 0.3) is 0 Å². The van der Waals surface area contributed by atoms with E-state index in [9.17, 15) is 9.59 Å². The summed E-state index contributed by atoms with van der Waals surface area (Å²) >= 11 is 0. The fourth-order valence-corrected chi connectivity index (χ4v) is 1.71. The zero-order valence-electron chi connectivity index (χ0n) is 10.7. The fourth-order valence-electron chi connectivity index (χ4n) is 1.71. The van der Waals surface area contributed by atoms with Gasteiger partial charge in [0.2, 0.25) is 0 Å². The number of nitrogens with zero attached hydrogens (tertiary/aromatic N) is 1. The number of nitrogens with two attached hydrogens (primary N) is 2. The van der Waals surface area contributed by atoms with Crippen LogP contribution in [-0.4, -0.2) is 49.7 Å². The van der Waals surface area contributed by atoms with Gasteiger partial charge in [0.1, 0.15) is 12.1 Å². The van der Waals surface area contributed by atoms with Crippen molar-refractivity contribution in [1.29, 1.82) is 0 Å². The van der Waals surface area contributed by atoms with Crippen molar-refractivity contribution < 1.29 is 9.59 Å². The van der Waals surface area contributed by atoms with Crippen molar-refractivity contribution in [2.24, 2.45) is 17.4 Å². The highest BCUT2D eigenvalue weighted by Gasteiger charge is 2.09. The van der Waals surface area contributed by atoms with Gasteiger partial charge in [0, 0.05) is 44.9 Å². The highest BCUT2D eigenvalue weighted by atomic mass is 16.1. The molecule has 0 saturated carbocycles. The highest BCUT2D eigenvalue weighted by molar-refractivity contribution is 5.80. The van der Waals surface area contributed by atoms with Crippen molar-refractivity contribution in [2.75, 3.05) is 32.7 Å². The molecule has 0 radical (unpaired) electrons. The lowest BCUT2D eigenvalue weighted by Gasteiger charge is -2.20. The largest absolute Gasteiger partial charge is 0.329 e. The van der Waals surface area contributed by atoms with Crippen LogP contribution in [-0.2, 0) is 9.59 Å². The third-order valence-electron chi connectivity index (χ3n) is 2.60. The van der Waals surface area contributed by atoms with Crippen molar-refractivity contribution >= 4 is 12.1 Å². The second-order valence-corrected chi connectivity index (χ2v) is 4.38. The van der Waals surface area contributed by atoms with E-state index in [2.05, 4.69) is 4.90 Å². The monoisotopic (exact) mass is 243 g/mol. The smallest absolute Gasteiger partial charge is 0.133 e. The first-order chi connectivity index (χ1) is 8.13. The van der Waals surface area contributed by atoms with Crippen LogP contribution >= 0.6 is 0 Å². The van der Waals surface area contributed by atoms with Crippen LogP contribution in [0.3, 0.4) is 0 Å². The summed E-state index contributed by atoms with van der Waals surface area (Å²) in [6.07, 6.45) is 2.53. The summed E-state index contributed by atoms with van der Waals surface area (Å²) in [7, 11) is 0. The van der Waals surface area contributed by atoms with E-state index in [0.29, 0.717) is 25.9 Å². The predicted octanol–water partition coefficient (Wildman–Crippen LogP) is -0.220. The Balaban J connectivity index is 3.71. The molecule has 4 N–H and O–H groups in total. The van der Waals surface area contributed by atoms with Crippen molar-refractivity contribution in [3.8, 4) is 0 Å². The van der Waals surface area contributed by atoms with Gasteiger partial charge in [-0.25, -0.2) is 0 Å². The molecule has 5 heteroatoms. The summed E-state index contributed by atoms with van der Waals surface area (Å²) in [5.74, 6) is -0.00302. The first-order valence-corrected chi connectivity index (χ1v) is 6.23. The average molecular weight is 243 g/mol. The second kappa shape index (κ2) is 10.4. The normalized spacial score (nSPS) is 12.7. The van der Waals surface area contributed by atoms with E-state index in [1.807, 2.05) is 0 Å². The number of hydrogen-bond acceptors (Lipinski definition) is 5. The molecule has 0 aromatic carbocycles. The van der Waals surface area contributed by atoms with E-state index in [1.54, 1.807) is 6.92 Å². The van der Waals surface area contributed by atoms with E-state index < -0.39 is 0 Å². The van der Waals surface area contributed by atoms with Crippen molar-refractivity contribution in [2.45, 2.75) is 26.2 Å². The number of carbonyl (C=O) groups excluding carboxylic acids is 2. The van der Waals surface area contributed by atoms with Crippen LogP contribution in [0.15, 0.2) is 0 Å². The SMILES string of the molecule is CC(C=O)CC(=O)CCCN(CCN)CCN. The summed E-state index contributed by atoms with van der Waals surface area (Å²) < 4.78 is 0. The molecule has 0 aromatic rings. The summed E-state index contributed by atoms with van der Waals surface area (Å²) in [4.78, 5) is 24.1. The molecule has 0 aliphatic heterocycles. The van der Waals surface area contributed by atoms with Gasteiger partial charge in [-0.15, -0.1) is 0 Å². The Bertz CT molecular complexity index is 216. The van der Waals surface area contributed by atoms with Gasteiger partial charge in [0.05, 0.1) is 0 Å². The van der Waals surface area contributed by atoms with Crippen molar-refractivity contribution in [3.63, 3.8) is 0 Å². The Kier molecular flexibility index (Phi) is 9.90. The molecular formula is C12H25N3O2. The van der Waals surface area contributed by atoms with Gasteiger partial charge in [-0.1, -0.05) is 6.92 Å². The summed E-state index contributed by atoms with van der Waals surface area (Å²) in [6, 6.07) is 0. The quantitative estimate of drug-likeness (QED) is 0.490. The Labute approximate surface area is 104 Å². The topological polar surface area (TPSA) is 89.4 Å². The van der Waals surface area contributed by atoms with Crippen LogP contribution in [0.2, 0.25) is 0 Å². The van der Waals surface area contributed by atoms with Gasteiger partial charge < -0.3 is 21.2 Å². The van der Waals surface area contributed by atoms with Gasteiger partial charge in [-0.3, -0.25) is 4.79 Å². The molecule has 0 rings (SSSR count). The van der Waals surface area contributed by atoms with Crippen LogP contribution in [0, 0.1) is 5.92 Å². The zero-order valence-corrected chi connectivity index (χ0v) is 10.7. The Hall–Kier alpha value is -0.780. The zero-order chi connectivity index (χ0) is 13.1. The summed E-state index contributed by atoms with van der Waals surface area (Å²) in [5, 5.41) is 0. The third kappa shape index (κ3) is 8.97. The Morgan fingerprint density at radius 3 is 2.29 bits per heavy atom. The first-order valence-electron chi connectivity index (χ1n) is 6.23. The number of Topliss-reactive ketones (excluding diaryl/α,β-unsaturated/α-hetero) is 1. The van der Waals surface area contributed by atoms with Crippen LogP contribution < -0.4 is 11.5 Å². The molecule has 100 valence electrons. The second-order valence-electron chi connectivity index (χ2n) is 4.38. The van der Waals surface area contributed by atoms with E-state index in [-0.39, 0.29) is 11.7 Å². The van der Waals surface area contributed by atoms with Gasteiger partial charge in [0.15, 0.2) is 0 Å². The molecular weight excluding hydrogens is 218 g/mol. The van der Waals surface area contributed by atoms with Crippen molar-refractivity contribution in [3.05, 3.63) is 0 Å². The molecule has 0 saturated heterocycles. The molecule has 0 aromatic heterocycles. The Morgan fingerprint density at radius 2 is 1.82 bits per heavy atom. The molecule has 0 amide bonds. The molecule has 1 atom stereocenters. The minimum absolute atomic E-state index is 0.157. The van der Waals surface area contributed by atoms with Crippen LogP contribution in [0.5, 0.6) is 0 Å². The molecule has 0 aliphatic carbocycles. The van der Waals surface area contributed by atoms with E-state index >= 15 is 0 Å².